The lowest BCUT2D eigenvalue weighted by atomic mass is 10.0. The first-order valence-electron chi connectivity index (χ1n) is 8.58. The van der Waals surface area contributed by atoms with Gasteiger partial charge in [-0.25, -0.2) is 9.18 Å². The van der Waals surface area contributed by atoms with Crippen molar-refractivity contribution in [2.75, 3.05) is 0 Å². The summed E-state index contributed by atoms with van der Waals surface area (Å²) >= 11 is 0. The Morgan fingerprint density at radius 1 is 1.19 bits per heavy atom. The van der Waals surface area contributed by atoms with E-state index in [0.717, 1.165) is 12.1 Å². The average Bonchev–Trinajstić information content (AvgIpc) is 3.29. The molecule has 0 aliphatic heterocycles. The molecule has 2 atom stereocenters. The highest BCUT2D eigenvalue weighted by Crippen LogP contribution is 2.39. The number of fused-ring (bicyclic) bond motifs is 1. The number of hydrogen-bond acceptors (Lipinski definition) is 2. The molecule has 1 aromatic heterocycles. The summed E-state index contributed by atoms with van der Waals surface area (Å²) < 4.78 is 54.6. The Morgan fingerprint density at radius 2 is 1.85 bits per heavy atom. The molecule has 1 aliphatic carbocycles. The number of rotatable bonds is 3. The third-order valence-electron chi connectivity index (χ3n) is 4.90. The van der Waals surface area contributed by atoms with E-state index in [9.17, 15) is 22.4 Å². The molecule has 4 rings (SSSR count). The van der Waals surface area contributed by atoms with Crippen LogP contribution in [-0.2, 0) is 12.6 Å². The van der Waals surface area contributed by atoms with Gasteiger partial charge in [0.25, 0.3) is 0 Å². The van der Waals surface area contributed by atoms with Crippen LogP contribution in [0.2, 0.25) is 0 Å². The van der Waals surface area contributed by atoms with Crippen LogP contribution in [-0.4, -0.2) is 15.7 Å². The normalized spacial score (nSPS) is 19.4. The van der Waals surface area contributed by atoms with Crippen LogP contribution in [0.5, 0.6) is 0 Å². The zero-order chi connectivity index (χ0) is 19.3. The van der Waals surface area contributed by atoms with Gasteiger partial charge in [-0.05, 0) is 55.5 Å². The van der Waals surface area contributed by atoms with Gasteiger partial charge in [0.1, 0.15) is 6.17 Å². The molecule has 2 aromatic carbocycles. The van der Waals surface area contributed by atoms with Gasteiger partial charge >= 0.3 is 11.9 Å². The fraction of sp³-hybridized carbons (Fsp3) is 0.300. The highest BCUT2D eigenvalue weighted by Gasteiger charge is 2.38. The maximum absolute atomic E-state index is 13.4. The smallest absolute Gasteiger partial charge is 0.260 e. The highest BCUT2D eigenvalue weighted by atomic mass is 19.4. The number of para-hydroxylation sites is 1. The molecule has 140 valence electrons. The molecule has 1 saturated carbocycles. The molecule has 1 fully saturated rings. The summed E-state index contributed by atoms with van der Waals surface area (Å²) in [6.07, 6.45) is -4.84. The van der Waals surface area contributed by atoms with Crippen molar-refractivity contribution in [3.63, 3.8) is 0 Å². The van der Waals surface area contributed by atoms with Gasteiger partial charge in [-0.1, -0.05) is 18.2 Å². The summed E-state index contributed by atoms with van der Waals surface area (Å²) in [7, 11) is 0. The molecule has 27 heavy (non-hydrogen) atoms. The second kappa shape index (κ2) is 6.18. The molecule has 0 spiro atoms. The van der Waals surface area contributed by atoms with Crippen molar-refractivity contribution < 1.29 is 17.6 Å². The lowest BCUT2D eigenvalue weighted by Crippen LogP contribution is -2.24. The molecule has 0 N–H and O–H groups in total. The molecular formula is C20H16F4N2O. The Kier molecular flexibility index (Phi) is 4.05. The predicted molar refractivity (Wildman–Crippen MR) is 93.8 cm³/mol. The Hall–Kier alpha value is -2.70. The van der Waals surface area contributed by atoms with Gasteiger partial charge < -0.3 is 0 Å². The Morgan fingerprint density at radius 3 is 2.44 bits per heavy atom. The van der Waals surface area contributed by atoms with Crippen LogP contribution in [0.3, 0.4) is 0 Å². The van der Waals surface area contributed by atoms with Crippen molar-refractivity contribution in [3.05, 3.63) is 69.8 Å². The van der Waals surface area contributed by atoms with E-state index in [2.05, 4.69) is 4.98 Å². The van der Waals surface area contributed by atoms with Crippen LogP contribution in [0.15, 0.2) is 47.3 Å². The number of alkyl halides is 4. The maximum atomic E-state index is 13.4. The minimum absolute atomic E-state index is 0.139. The van der Waals surface area contributed by atoms with Gasteiger partial charge in [0.15, 0.2) is 0 Å². The second-order valence-electron chi connectivity index (χ2n) is 6.91. The molecule has 3 aromatic rings. The van der Waals surface area contributed by atoms with E-state index in [1.165, 1.54) is 4.57 Å². The molecule has 0 saturated heterocycles. The molecule has 0 bridgehead atoms. The molecule has 1 heterocycles. The third kappa shape index (κ3) is 3.22. The zero-order valence-electron chi connectivity index (χ0n) is 14.4. The summed E-state index contributed by atoms with van der Waals surface area (Å²) in [6, 6.07) is 10.4. The van der Waals surface area contributed by atoms with E-state index in [-0.39, 0.29) is 17.9 Å². The Labute approximate surface area is 152 Å². The fourth-order valence-corrected chi connectivity index (χ4v) is 3.45. The first-order valence-corrected chi connectivity index (χ1v) is 8.58. The first kappa shape index (κ1) is 17.7. The topological polar surface area (TPSA) is 34.9 Å². The fourth-order valence-electron chi connectivity index (χ4n) is 3.45. The summed E-state index contributed by atoms with van der Waals surface area (Å²) in [6.45, 7) is 1.56. The average molecular weight is 376 g/mol. The SMILES string of the molecule is Cc1cc(C(F)(F)F)cc2c1c(CC1C[C@@H]1F)nc(=O)n2-c1ccccc1. The molecule has 1 unspecified atom stereocenters. The Balaban J connectivity index is 2.05. The number of hydrogen-bond donors (Lipinski definition) is 0. The standard InChI is InChI=1S/C20H16F4N2O/c1-11-7-13(20(22,23)24)10-17-18(11)16(9-12-8-15(12)21)25-19(27)26(17)14-5-3-2-4-6-14/h2-7,10,12,15H,8-9H2,1H3/t12?,15-/m0/s1. The summed E-state index contributed by atoms with van der Waals surface area (Å²) in [4.78, 5) is 16.8. The van der Waals surface area contributed by atoms with Crippen LogP contribution < -0.4 is 5.69 Å². The van der Waals surface area contributed by atoms with Crippen LogP contribution in [0, 0.1) is 12.8 Å². The van der Waals surface area contributed by atoms with Crippen molar-refractivity contribution in [1.29, 1.82) is 0 Å². The quantitative estimate of drug-likeness (QED) is 0.626. The van der Waals surface area contributed by atoms with Crippen molar-refractivity contribution in [1.82, 2.24) is 9.55 Å². The van der Waals surface area contributed by atoms with Crippen LogP contribution in [0.25, 0.3) is 16.6 Å². The first-order chi connectivity index (χ1) is 12.8. The Bertz CT molecular complexity index is 1070. The molecule has 7 heteroatoms. The lowest BCUT2D eigenvalue weighted by molar-refractivity contribution is -0.137. The lowest BCUT2D eigenvalue weighted by Gasteiger charge is -2.17. The highest BCUT2D eigenvalue weighted by molar-refractivity contribution is 5.87. The predicted octanol–water partition coefficient (Wildman–Crippen LogP) is 4.61. The largest absolute Gasteiger partial charge is 0.416 e. The van der Waals surface area contributed by atoms with Gasteiger partial charge in [0, 0.05) is 5.39 Å². The second-order valence-corrected chi connectivity index (χ2v) is 6.91. The molecule has 0 amide bonds. The number of nitrogens with zero attached hydrogens (tertiary/aromatic N) is 2. The van der Waals surface area contributed by atoms with Gasteiger partial charge in [-0.15, -0.1) is 0 Å². The monoisotopic (exact) mass is 376 g/mol. The zero-order valence-corrected chi connectivity index (χ0v) is 14.4. The number of benzene rings is 2. The number of aryl methyl sites for hydroxylation is 1. The molecular weight excluding hydrogens is 360 g/mol. The van der Waals surface area contributed by atoms with Crippen molar-refractivity contribution in [2.24, 2.45) is 5.92 Å². The van der Waals surface area contributed by atoms with Gasteiger partial charge in [0.2, 0.25) is 0 Å². The van der Waals surface area contributed by atoms with E-state index >= 15 is 0 Å². The van der Waals surface area contributed by atoms with E-state index in [1.807, 2.05) is 0 Å². The third-order valence-corrected chi connectivity index (χ3v) is 4.90. The number of aromatic nitrogens is 2. The number of halogens is 4. The van der Waals surface area contributed by atoms with Gasteiger partial charge in [0.05, 0.1) is 22.5 Å². The summed E-state index contributed by atoms with van der Waals surface area (Å²) in [5, 5.41) is 0.477. The molecule has 1 aliphatic rings. The van der Waals surface area contributed by atoms with Crippen molar-refractivity contribution in [3.8, 4) is 5.69 Å². The molecule has 3 nitrogen and oxygen atoms in total. The maximum Gasteiger partial charge on any atom is 0.416 e. The van der Waals surface area contributed by atoms with Crippen molar-refractivity contribution >= 4 is 10.9 Å². The van der Waals surface area contributed by atoms with Gasteiger partial charge in [-0.3, -0.25) is 4.57 Å². The van der Waals surface area contributed by atoms with Crippen LogP contribution in [0.4, 0.5) is 17.6 Å². The van der Waals surface area contributed by atoms with Crippen LogP contribution in [0.1, 0.15) is 23.2 Å². The minimum Gasteiger partial charge on any atom is -0.260 e. The molecule has 0 radical (unpaired) electrons. The summed E-state index contributed by atoms with van der Waals surface area (Å²) in [5.41, 5.74) is -0.205. The van der Waals surface area contributed by atoms with Crippen LogP contribution >= 0.6 is 0 Å². The minimum atomic E-state index is -4.54. The van der Waals surface area contributed by atoms with E-state index in [1.54, 1.807) is 37.3 Å². The van der Waals surface area contributed by atoms with Gasteiger partial charge in [-0.2, -0.15) is 18.2 Å². The van der Waals surface area contributed by atoms with E-state index in [4.69, 9.17) is 0 Å². The van der Waals surface area contributed by atoms with E-state index in [0.29, 0.717) is 28.8 Å². The van der Waals surface area contributed by atoms with E-state index < -0.39 is 23.6 Å². The van der Waals surface area contributed by atoms with Crippen molar-refractivity contribution in [2.45, 2.75) is 32.1 Å². The summed E-state index contributed by atoms with van der Waals surface area (Å²) in [5.74, 6) is -0.227.